The fraction of sp³-hybridized carbons (Fsp3) is 0. The fourth-order valence-corrected chi connectivity index (χ4v) is 1.76. The number of amides is 1. The van der Waals surface area contributed by atoms with Crippen molar-refractivity contribution in [2.75, 3.05) is 5.73 Å². The van der Waals surface area contributed by atoms with Gasteiger partial charge in [0.25, 0.3) is 5.95 Å². The number of tetrazole rings is 1. The second-order valence-electron chi connectivity index (χ2n) is 4.31. The van der Waals surface area contributed by atoms with E-state index in [0.717, 1.165) is 10.4 Å². The first-order valence-corrected chi connectivity index (χ1v) is 6.22. The third-order valence-electron chi connectivity index (χ3n) is 2.85. The van der Waals surface area contributed by atoms with Gasteiger partial charge in [0, 0.05) is 11.1 Å². The Balaban J connectivity index is 1.80. The van der Waals surface area contributed by atoms with Crippen molar-refractivity contribution in [2.45, 2.75) is 0 Å². The Hall–Kier alpha value is -3.49. The average Bonchev–Trinajstić information content (AvgIpc) is 3.14. The van der Waals surface area contributed by atoms with Crippen molar-refractivity contribution in [1.29, 1.82) is 0 Å². The summed E-state index contributed by atoms with van der Waals surface area (Å²) in [4.78, 5) is 12.1. The Morgan fingerprint density at radius 1 is 1.23 bits per heavy atom. The average molecular weight is 297 g/mol. The van der Waals surface area contributed by atoms with Gasteiger partial charge >= 0.3 is 0 Å². The van der Waals surface area contributed by atoms with Crippen LogP contribution in [0.3, 0.4) is 0 Å². The van der Waals surface area contributed by atoms with E-state index < -0.39 is 5.91 Å². The number of furan rings is 1. The lowest BCUT2D eigenvalue weighted by molar-refractivity contribution is 0.100. The van der Waals surface area contributed by atoms with E-state index >= 15 is 0 Å². The van der Waals surface area contributed by atoms with Gasteiger partial charge in [-0.1, -0.05) is 22.0 Å². The van der Waals surface area contributed by atoms with Crippen LogP contribution < -0.4 is 11.5 Å². The third kappa shape index (κ3) is 2.68. The number of nitrogens with zero attached hydrogens (tertiary/aromatic N) is 5. The van der Waals surface area contributed by atoms with Crippen molar-refractivity contribution in [2.24, 2.45) is 10.8 Å². The van der Waals surface area contributed by atoms with Crippen LogP contribution in [0.5, 0.6) is 0 Å². The molecule has 9 nitrogen and oxygen atoms in total. The minimum Gasteiger partial charge on any atom is -0.455 e. The van der Waals surface area contributed by atoms with Crippen molar-refractivity contribution in [3.8, 4) is 11.3 Å². The van der Waals surface area contributed by atoms with Crippen molar-refractivity contribution >= 4 is 18.1 Å². The molecule has 3 rings (SSSR count). The molecule has 2 heterocycles. The van der Waals surface area contributed by atoms with Gasteiger partial charge in [-0.3, -0.25) is 4.79 Å². The Kier molecular flexibility index (Phi) is 3.36. The Morgan fingerprint density at radius 3 is 2.64 bits per heavy atom. The van der Waals surface area contributed by atoms with Crippen molar-refractivity contribution in [3.63, 3.8) is 0 Å². The van der Waals surface area contributed by atoms with Crippen LogP contribution in [0.25, 0.3) is 11.3 Å². The highest BCUT2D eigenvalue weighted by Gasteiger charge is 2.06. The summed E-state index contributed by atoms with van der Waals surface area (Å²) in [5.74, 6) is 0.731. The SMILES string of the molecule is NC(=O)c1ccc(-c2ccc(C=Nn3nnnc3N)o2)cc1. The highest BCUT2D eigenvalue weighted by Crippen LogP contribution is 2.22. The highest BCUT2D eigenvalue weighted by molar-refractivity contribution is 5.93. The number of nitrogen functional groups attached to an aromatic ring is 1. The number of anilines is 1. The summed E-state index contributed by atoms with van der Waals surface area (Å²) < 4.78 is 5.62. The van der Waals surface area contributed by atoms with Crippen molar-refractivity contribution in [3.05, 3.63) is 47.7 Å². The van der Waals surface area contributed by atoms with Crippen LogP contribution >= 0.6 is 0 Å². The first-order chi connectivity index (χ1) is 10.6. The quantitative estimate of drug-likeness (QED) is 0.672. The van der Waals surface area contributed by atoms with Gasteiger partial charge in [-0.15, -0.1) is 0 Å². The van der Waals surface area contributed by atoms with Crippen LogP contribution in [0.2, 0.25) is 0 Å². The van der Waals surface area contributed by atoms with E-state index in [1.165, 1.54) is 6.21 Å². The first-order valence-electron chi connectivity index (χ1n) is 6.22. The summed E-state index contributed by atoms with van der Waals surface area (Å²) in [6.45, 7) is 0. The zero-order valence-corrected chi connectivity index (χ0v) is 11.2. The summed E-state index contributed by atoms with van der Waals surface area (Å²) in [6.07, 6.45) is 1.44. The van der Waals surface area contributed by atoms with Gasteiger partial charge < -0.3 is 15.9 Å². The number of nitrogens with two attached hydrogens (primary N) is 2. The molecule has 9 heteroatoms. The van der Waals surface area contributed by atoms with Gasteiger partial charge in [-0.2, -0.15) is 5.10 Å². The lowest BCUT2D eigenvalue weighted by Gasteiger charge is -1.98. The van der Waals surface area contributed by atoms with E-state index in [2.05, 4.69) is 20.6 Å². The maximum Gasteiger partial charge on any atom is 0.263 e. The number of rotatable bonds is 4. The number of carbonyl (C=O) groups is 1. The molecule has 0 spiro atoms. The molecule has 1 amide bonds. The van der Waals surface area contributed by atoms with Gasteiger partial charge in [-0.05, 0) is 34.7 Å². The summed E-state index contributed by atoms with van der Waals surface area (Å²) in [5.41, 5.74) is 11.9. The molecule has 0 fully saturated rings. The Bertz CT molecular complexity index is 832. The molecular formula is C13H11N7O2. The lowest BCUT2D eigenvalue weighted by Crippen LogP contribution is -2.10. The van der Waals surface area contributed by atoms with Crippen LogP contribution in [-0.2, 0) is 0 Å². The number of primary amides is 1. The van der Waals surface area contributed by atoms with E-state index in [-0.39, 0.29) is 5.95 Å². The standard InChI is InChI=1S/C13H11N7O2/c14-12(21)9-3-1-8(2-4-9)11-6-5-10(22-11)7-16-20-13(15)17-18-19-20/h1-7H,(H2,14,21)(H2,15,17,19). The molecule has 0 radical (unpaired) electrons. The number of hydrogen-bond donors (Lipinski definition) is 2. The topological polar surface area (TPSA) is 138 Å². The molecule has 2 aromatic heterocycles. The monoisotopic (exact) mass is 297 g/mol. The summed E-state index contributed by atoms with van der Waals surface area (Å²) in [6, 6.07) is 10.3. The van der Waals surface area contributed by atoms with Crippen LogP contribution in [0.15, 0.2) is 45.9 Å². The highest BCUT2D eigenvalue weighted by atomic mass is 16.3. The van der Waals surface area contributed by atoms with Gasteiger partial charge in [0.05, 0.1) is 6.21 Å². The lowest BCUT2D eigenvalue weighted by atomic mass is 10.1. The molecule has 1 aromatic carbocycles. The van der Waals surface area contributed by atoms with E-state index in [1.54, 1.807) is 36.4 Å². The smallest absolute Gasteiger partial charge is 0.263 e. The molecule has 0 bridgehead atoms. The van der Waals surface area contributed by atoms with Gasteiger partial charge in [0.2, 0.25) is 5.91 Å². The summed E-state index contributed by atoms with van der Waals surface area (Å²) in [7, 11) is 0. The maximum atomic E-state index is 11.0. The number of benzene rings is 1. The van der Waals surface area contributed by atoms with Gasteiger partial charge in [-0.25, -0.2) is 0 Å². The molecule has 3 aromatic rings. The van der Waals surface area contributed by atoms with Crippen LogP contribution in [-0.4, -0.2) is 32.4 Å². The summed E-state index contributed by atoms with van der Waals surface area (Å²) >= 11 is 0. The second-order valence-corrected chi connectivity index (χ2v) is 4.31. The van der Waals surface area contributed by atoms with Gasteiger partial charge in [0.15, 0.2) is 0 Å². The minimum absolute atomic E-state index is 0.0741. The number of carbonyl (C=O) groups excluding carboxylic acids is 1. The molecule has 4 N–H and O–H groups in total. The molecule has 0 saturated carbocycles. The number of hydrogen-bond acceptors (Lipinski definition) is 7. The van der Waals surface area contributed by atoms with E-state index in [9.17, 15) is 4.79 Å². The van der Waals surface area contributed by atoms with E-state index in [1.807, 2.05) is 0 Å². The fourth-order valence-electron chi connectivity index (χ4n) is 1.76. The molecule has 0 aliphatic rings. The molecular weight excluding hydrogens is 286 g/mol. The van der Waals surface area contributed by atoms with E-state index in [0.29, 0.717) is 17.1 Å². The molecule has 22 heavy (non-hydrogen) atoms. The maximum absolute atomic E-state index is 11.0. The molecule has 110 valence electrons. The predicted molar refractivity (Wildman–Crippen MR) is 77.9 cm³/mol. The second kappa shape index (κ2) is 5.48. The van der Waals surface area contributed by atoms with Gasteiger partial charge in [0.1, 0.15) is 11.5 Å². The molecule has 0 aliphatic heterocycles. The molecule has 0 unspecified atom stereocenters. The Morgan fingerprint density at radius 2 is 2.00 bits per heavy atom. The normalized spacial score (nSPS) is 11.1. The van der Waals surface area contributed by atoms with Crippen LogP contribution in [0.4, 0.5) is 5.95 Å². The van der Waals surface area contributed by atoms with Crippen molar-refractivity contribution in [1.82, 2.24) is 20.3 Å². The minimum atomic E-state index is -0.474. The third-order valence-corrected chi connectivity index (χ3v) is 2.85. The largest absolute Gasteiger partial charge is 0.455 e. The molecule has 0 aliphatic carbocycles. The van der Waals surface area contributed by atoms with Crippen LogP contribution in [0.1, 0.15) is 16.1 Å². The predicted octanol–water partition coefficient (Wildman–Crippen LogP) is 0.496. The zero-order valence-electron chi connectivity index (χ0n) is 11.2. The Labute approximate surface area is 124 Å². The molecule has 0 atom stereocenters. The van der Waals surface area contributed by atoms with Crippen LogP contribution in [0, 0.1) is 0 Å². The summed E-state index contributed by atoms with van der Waals surface area (Å²) in [5, 5.41) is 14.4. The van der Waals surface area contributed by atoms with E-state index in [4.69, 9.17) is 15.9 Å². The molecule has 0 saturated heterocycles. The first kappa shape index (κ1) is 13.5. The van der Waals surface area contributed by atoms with Crippen molar-refractivity contribution < 1.29 is 9.21 Å². The number of aromatic nitrogens is 4. The zero-order chi connectivity index (χ0) is 15.5.